The Morgan fingerprint density at radius 1 is 1.18 bits per heavy atom. The Kier molecular flexibility index (Phi) is 11.0. The van der Waals surface area contributed by atoms with Gasteiger partial charge in [-0.15, -0.1) is 11.6 Å². The summed E-state index contributed by atoms with van der Waals surface area (Å²) in [5.74, 6) is 0.180. The summed E-state index contributed by atoms with van der Waals surface area (Å²) in [6.07, 6.45) is 7.27. The van der Waals surface area contributed by atoms with Crippen molar-refractivity contribution in [3.8, 4) is 5.75 Å². The Labute approximate surface area is 268 Å². The van der Waals surface area contributed by atoms with Crippen LogP contribution in [0, 0.1) is 13.8 Å². The minimum Gasteiger partial charge on any atom is -0.509 e. The molecule has 1 aliphatic carbocycles. The Hall–Kier alpha value is -3.53. The molecule has 2 aliphatic rings. The smallest absolute Gasteiger partial charge is 0.256 e. The van der Waals surface area contributed by atoms with E-state index < -0.39 is 5.54 Å². The van der Waals surface area contributed by atoms with E-state index in [0.717, 1.165) is 35.2 Å². The number of nitrogens with one attached hydrogen (secondary N) is 1. The molecule has 0 atom stereocenters. The molecule has 2 amide bonds. The lowest BCUT2D eigenvalue weighted by Crippen LogP contribution is -2.48. The molecule has 2 heterocycles. The second-order valence-electron chi connectivity index (χ2n) is 11.1. The lowest BCUT2D eigenvalue weighted by Gasteiger charge is -2.36. The van der Waals surface area contributed by atoms with Gasteiger partial charge in [-0.3, -0.25) is 19.2 Å². The number of carbonyl (C=O) groups is 2. The van der Waals surface area contributed by atoms with Crippen molar-refractivity contribution in [2.24, 2.45) is 0 Å². The lowest BCUT2D eigenvalue weighted by atomic mass is 9.79. The molecular weight excluding hydrogens is 603 g/mol. The Morgan fingerprint density at radius 2 is 1.86 bits per heavy atom. The highest BCUT2D eigenvalue weighted by Crippen LogP contribution is 2.45. The van der Waals surface area contributed by atoms with Gasteiger partial charge in [0.05, 0.1) is 30.0 Å². The zero-order valence-electron chi connectivity index (χ0n) is 25.8. The molecule has 44 heavy (non-hydrogen) atoms. The van der Waals surface area contributed by atoms with E-state index in [0.29, 0.717) is 47.8 Å². The lowest BCUT2D eigenvalue weighted by molar-refractivity contribution is -0.117. The van der Waals surface area contributed by atoms with Crippen LogP contribution in [-0.2, 0) is 27.4 Å². The number of aryl methyl sites for hydroxylation is 3. The maximum absolute atomic E-state index is 12.8. The fraction of sp³-hybridized carbons (Fsp3) is 0.424. The second kappa shape index (κ2) is 14.5. The molecular formula is C33H40Cl2N4O5. The number of aliphatic hydroxyl groups is 1. The topological polar surface area (TPSA) is 106 Å². The number of hydrogen-bond acceptors (Lipinski definition) is 6. The quantitative estimate of drug-likeness (QED) is 0.277. The molecule has 5 rings (SSSR count). The van der Waals surface area contributed by atoms with Crippen molar-refractivity contribution in [3.63, 3.8) is 0 Å². The van der Waals surface area contributed by atoms with Gasteiger partial charge in [-0.2, -0.15) is 5.10 Å². The number of alkyl halides is 1. The fourth-order valence-electron chi connectivity index (χ4n) is 6.07. The maximum Gasteiger partial charge on any atom is 0.256 e. The van der Waals surface area contributed by atoms with E-state index in [1.54, 1.807) is 36.1 Å². The first-order valence-electron chi connectivity index (χ1n) is 14.6. The predicted molar refractivity (Wildman–Crippen MR) is 173 cm³/mol. The molecule has 3 aromatic rings. The van der Waals surface area contributed by atoms with Crippen LogP contribution in [0.25, 0.3) is 5.57 Å². The molecule has 1 aliphatic heterocycles. The van der Waals surface area contributed by atoms with E-state index in [1.807, 2.05) is 57.3 Å². The van der Waals surface area contributed by atoms with Crippen molar-refractivity contribution >= 4 is 46.3 Å². The number of methoxy groups -OCH3 is 2. The molecule has 2 N–H and O–H groups in total. The number of para-hydroxylation sites is 1. The predicted octanol–water partition coefficient (Wildman–Crippen LogP) is 6.37. The van der Waals surface area contributed by atoms with Gasteiger partial charge in [0.25, 0.3) is 5.91 Å². The number of aromatic nitrogens is 2. The molecule has 2 aromatic carbocycles. The van der Waals surface area contributed by atoms with Gasteiger partial charge in [0.1, 0.15) is 24.1 Å². The molecule has 1 fully saturated rings. The van der Waals surface area contributed by atoms with Crippen LogP contribution in [0.4, 0.5) is 5.69 Å². The standard InChI is InChI=1S/C19H24ClNO4.C14H16ClN3O/c1-4-11-9-12(20)10-14(25-3)15(11)16-17(22)19(21-18(16)23)7-5-13(24-2)6-8-19;1-11-5-3-6-12(2)14(11)18(13(19)9-15)10-17-8-4-7-16-17/h9-10,13,22H,4-8H2,1-3H3,(H,21,23);3-8H,9-10H2,1-2H3. The van der Waals surface area contributed by atoms with E-state index >= 15 is 0 Å². The minimum absolute atomic E-state index is 0.0466. The number of rotatable bonds is 8. The second-order valence-corrected chi connectivity index (χ2v) is 11.8. The third-order valence-corrected chi connectivity index (χ3v) is 8.81. The van der Waals surface area contributed by atoms with Gasteiger partial charge in [-0.05, 0) is 80.8 Å². The molecule has 1 aromatic heterocycles. The molecule has 236 valence electrons. The summed E-state index contributed by atoms with van der Waals surface area (Å²) in [7, 11) is 3.24. The molecule has 0 bridgehead atoms. The Bertz CT molecular complexity index is 1470. The average molecular weight is 644 g/mol. The van der Waals surface area contributed by atoms with Crippen LogP contribution in [0.1, 0.15) is 54.9 Å². The summed E-state index contributed by atoms with van der Waals surface area (Å²) in [5.41, 5.74) is 4.12. The minimum atomic E-state index is -0.697. The molecule has 0 unspecified atom stereocenters. The van der Waals surface area contributed by atoms with E-state index in [4.69, 9.17) is 32.7 Å². The third-order valence-electron chi connectivity index (χ3n) is 8.36. The molecule has 9 nitrogen and oxygen atoms in total. The van der Waals surface area contributed by atoms with E-state index in [1.165, 1.54) is 0 Å². The number of carbonyl (C=O) groups excluding carboxylic acids is 2. The number of nitrogens with zero attached hydrogens (tertiary/aromatic N) is 3. The monoisotopic (exact) mass is 642 g/mol. The molecule has 0 saturated heterocycles. The summed E-state index contributed by atoms with van der Waals surface area (Å²) in [4.78, 5) is 26.5. The molecule has 0 radical (unpaired) electrons. The Morgan fingerprint density at radius 3 is 2.41 bits per heavy atom. The van der Waals surface area contributed by atoms with E-state index in [2.05, 4.69) is 10.4 Å². The summed E-state index contributed by atoms with van der Waals surface area (Å²) in [5, 5.41) is 18.7. The Balaban J connectivity index is 0.000000209. The van der Waals surface area contributed by atoms with Crippen LogP contribution in [0.3, 0.4) is 0 Å². The van der Waals surface area contributed by atoms with Crippen molar-refractivity contribution < 1.29 is 24.2 Å². The van der Waals surface area contributed by atoms with Crippen LogP contribution in [0.15, 0.2) is 54.6 Å². The van der Waals surface area contributed by atoms with Crippen LogP contribution in [0.5, 0.6) is 5.75 Å². The number of ether oxygens (including phenoxy) is 2. The van der Waals surface area contributed by atoms with E-state index in [-0.39, 0.29) is 29.6 Å². The molecule has 1 saturated carbocycles. The first-order chi connectivity index (χ1) is 21.1. The summed E-state index contributed by atoms with van der Waals surface area (Å²) < 4.78 is 12.6. The van der Waals surface area contributed by atoms with E-state index in [9.17, 15) is 14.7 Å². The number of anilines is 1. The highest BCUT2D eigenvalue weighted by atomic mass is 35.5. The van der Waals surface area contributed by atoms with Gasteiger partial charge in [0.15, 0.2) is 0 Å². The van der Waals surface area contributed by atoms with Crippen LogP contribution >= 0.6 is 23.2 Å². The van der Waals surface area contributed by atoms with Gasteiger partial charge in [0, 0.05) is 30.1 Å². The molecule has 1 spiro atoms. The van der Waals surface area contributed by atoms with Crippen molar-refractivity contribution in [1.82, 2.24) is 15.1 Å². The number of aliphatic hydroxyl groups excluding tert-OH is 1. The van der Waals surface area contributed by atoms with Gasteiger partial charge in [-0.25, -0.2) is 0 Å². The average Bonchev–Trinajstić information content (AvgIpc) is 3.62. The first kappa shape index (κ1) is 33.4. The normalized spacial score (nSPS) is 19.4. The highest BCUT2D eigenvalue weighted by molar-refractivity contribution is 6.31. The molecule has 11 heteroatoms. The van der Waals surface area contributed by atoms with Crippen molar-refractivity contribution in [2.45, 2.75) is 71.2 Å². The van der Waals surface area contributed by atoms with Crippen molar-refractivity contribution in [3.05, 3.63) is 81.8 Å². The maximum atomic E-state index is 12.8. The first-order valence-corrected chi connectivity index (χ1v) is 15.6. The summed E-state index contributed by atoms with van der Waals surface area (Å²) in [6, 6.07) is 11.3. The number of hydrogen-bond donors (Lipinski definition) is 2. The number of halogens is 2. The summed E-state index contributed by atoms with van der Waals surface area (Å²) >= 11 is 11.9. The van der Waals surface area contributed by atoms with Gasteiger partial charge >= 0.3 is 0 Å². The third kappa shape index (κ3) is 6.90. The largest absolute Gasteiger partial charge is 0.509 e. The van der Waals surface area contributed by atoms with Crippen LogP contribution < -0.4 is 15.0 Å². The van der Waals surface area contributed by atoms with Crippen LogP contribution in [0.2, 0.25) is 5.02 Å². The zero-order chi connectivity index (χ0) is 32.0. The number of amides is 2. The summed E-state index contributed by atoms with van der Waals surface area (Å²) in [6.45, 7) is 6.32. The van der Waals surface area contributed by atoms with Crippen LogP contribution in [-0.4, -0.2) is 58.4 Å². The SMILES string of the molecule is CCc1cc(Cl)cc(OC)c1C1=C(O)C2(CCC(OC)CC2)NC1=O.Cc1cccc(C)c1N(Cn1cccn1)C(=O)CCl. The fourth-order valence-corrected chi connectivity index (χ4v) is 6.44. The van der Waals surface area contributed by atoms with Gasteiger partial charge in [0.2, 0.25) is 5.91 Å². The van der Waals surface area contributed by atoms with Gasteiger partial charge in [-0.1, -0.05) is 36.7 Å². The van der Waals surface area contributed by atoms with Gasteiger partial charge < -0.3 is 19.9 Å². The highest BCUT2D eigenvalue weighted by Gasteiger charge is 2.48. The number of benzene rings is 2. The zero-order valence-corrected chi connectivity index (χ0v) is 27.3. The van der Waals surface area contributed by atoms with Crippen molar-refractivity contribution in [2.75, 3.05) is 25.0 Å². The van der Waals surface area contributed by atoms with Crippen molar-refractivity contribution in [1.29, 1.82) is 0 Å².